The van der Waals surface area contributed by atoms with E-state index in [-0.39, 0.29) is 0 Å². The summed E-state index contributed by atoms with van der Waals surface area (Å²) < 4.78 is 5.37. The molecule has 0 spiro atoms. The van der Waals surface area contributed by atoms with Crippen molar-refractivity contribution in [1.82, 2.24) is 10.2 Å². The minimum Gasteiger partial charge on any atom is -0.388 e. The predicted octanol–water partition coefficient (Wildman–Crippen LogP) is 1.26. The van der Waals surface area contributed by atoms with Crippen LogP contribution in [0.4, 0.5) is 0 Å². The van der Waals surface area contributed by atoms with Crippen LogP contribution in [0.3, 0.4) is 0 Å². The third-order valence-electron chi connectivity index (χ3n) is 2.72. The number of ether oxygens (including phenoxy) is 1. The summed E-state index contributed by atoms with van der Waals surface area (Å²) in [7, 11) is 0. The van der Waals surface area contributed by atoms with Gasteiger partial charge in [0.2, 0.25) is 0 Å². The first-order valence-corrected chi connectivity index (χ1v) is 5.11. The normalized spacial score (nSPS) is 24.8. The Balaban J connectivity index is 1.84. The summed E-state index contributed by atoms with van der Waals surface area (Å²) in [5.41, 5.74) is 0.871. The summed E-state index contributed by atoms with van der Waals surface area (Å²) in [6, 6.07) is 0. The molecule has 4 nitrogen and oxygen atoms in total. The molecule has 2 unspecified atom stereocenters. The zero-order chi connectivity index (χ0) is 9.80. The number of hydrogen-bond donors (Lipinski definition) is 2. The van der Waals surface area contributed by atoms with Gasteiger partial charge in [-0.2, -0.15) is 5.10 Å². The van der Waals surface area contributed by atoms with Gasteiger partial charge in [-0.3, -0.25) is 5.10 Å². The first kappa shape index (κ1) is 9.68. The molecule has 1 aromatic rings. The highest BCUT2D eigenvalue weighted by molar-refractivity contribution is 5.06. The van der Waals surface area contributed by atoms with E-state index >= 15 is 0 Å². The summed E-state index contributed by atoms with van der Waals surface area (Å²) in [5, 5.41) is 16.4. The molecular formula is C10H16N2O2. The molecule has 2 atom stereocenters. The number of aromatic amines is 1. The number of aliphatic hydroxyl groups is 1. The largest absolute Gasteiger partial charge is 0.388 e. The number of nitrogens with zero attached hydrogens (tertiary/aromatic N) is 1. The van der Waals surface area contributed by atoms with Gasteiger partial charge in [0.25, 0.3) is 0 Å². The lowest BCUT2D eigenvalue weighted by molar-refractivity contribution is 0.0289. The molecule has 1 aliphatic rings. The van der Waals surface area contributed by atoms with E-state index in [1.165, 1.54) is 0 Å². The van der Waals surface area contributed by atoms with Crippen molar-refractivity contribution in [3.63, 3.8) is 0 Å². The Labute approximate surface area is 83.3 Å². The third kappa shape index (κ3) is 2.33. The molecule has 1 aliphatic heterocycles. The van der Waals surface area contributed by atoms with Crippen LogP contribution in [0.15, 0.2) is 12.4 Å². The van der Waals surface area contributed by atoms with E-state index in [0.717, 1.165) is 38.0 Å². The maximum Gasteiger partial charge on any atom is 0.0823 e. The molecule has 4 heteroatoms. The van der Waals surface area contributed by atoms with Crippen molar-refractivity contribution in [2.75, 3.05) is 13.2 Å². The van der Waals surface area contributed by atoms with Crippen LogP contribution in [0.1, 0.15) is 30.9 Å². The van der Waals surface area contributed by atoms with E-state index in [1.54, 1.807) is 12.4 Å². The summed E-state index contributed by atoms with van der Waals surface area (Å²) in [6.07, 6.45) is 6.07. The standard InChI is InChI=1S/C10H16N2O2/c13-10(9-5-11-12-6-9)4-8-2-1-3-14-7-8/h5-6,8,10,13H,1-4,7H2,(H,11,12). The molecule has 0 bridgehead atoms. The van der Waals surface area contributed by atoms with Crippen molar-refractivity contribution < 1.29 is 9.84 Å². The number of H-pyrrole nitrogens is 1. The Kier molecular flexibility index (Phi) is 3.16. The molecule has 2 N–H and O–H groups in total. The molecule has 0 saturated carbocycles. The van der Waals surface area contributed by atoms with Gasteiger partial charge in [-0.15, -0.1) is 0 Å². The molecule has 1 fully saturated rings. The average molecular weight is 196 g/mol. The molecule has 0 aliphatic carbocycles. The maximum absolute atomic E-state index is 9.85. The first-order chi connectivity index (χ1) is 6.86. The van der Waals surface area contributed by atoms with Crippen molar-refractivity contribution in [2.24, 2.45) is 5.92 Å². The van der Waals surface area contributed by atoms with E-state index < -0.39 is 6.10 Å². The average Bonchev–Trinajstić information content (AvgIpc) is 2.72. The van der Waals surface area contributed by atoms with Crippen molar-refractivity contribution in [3.05, 3.63) is 18.0 Å². The van der Waals surface area contributed by atoms with Crippen LogP contribution in [0.25, 0.3) is 0 Å². The Morgan fingerprint density at radius 1 is 1.71 bits per heavy atom. The Hall–Kier alpha value is -0.870. The van der Waals surface area contributed by atoms with Gasteiger partial charge in [0, 0.05) is 25.0 Å². The van der Waals surface area contributed by atoms with E-state index in [1.807, 2.05) is 0 Å². The van der Waals surface area contributed by atoms with Crippen molar-refractivity contribution in [2.45, 2.75) is 25.4 Å². The SMILES string of the molecule is OC(CC1CCCOC1)c1cn[nH]c1. The fourth-order valence-electron chi connectivity index (χ4n) is 1.89. The molecule has 2 rings (SSSR count). The minimum absolute atomic E-state index is 0.402. The van der Waals surface area contributed by atoms with Gasteiger partial charge in [-0.25, -0.2) is 0 Å². The fraction of sp³-hybridized carbons (Fsp3) is 0.700. The van der Waals surface area contributed by atoms with Crippen molar-refractivity contribution in [1.29, 1.82) is 0 Å². The van der Waals surface area contributed by atoms with Gasteiger partial charge in [-0.1, -0.05) is 0 Å². The number of rotatable bonds is 3. The molecule has 78 valence electrons. The van der Waals surface area contributed by atoms with Gasteiger partial charge >= 0.3 is 0 Å². The second-order valence-electron chi connectivity index (χ2n) is 3.87. The molecule has 0 amide bonds. The second-order valence-corrected chi connectivity index (χ2v) is 3.87. The summed E-state index contributed by atoms with van der Waals surface area (Å²) in [4.78, 5) is 0. The highest BCUT2D eigenvalue weighted by Crippen LogP contribution is 2.25. The molecule has 2 heterocycles. The van der Waals surface area contributed by atoms with Crippen LogP contribution in [0.5, 0.6) is 0 Å². The smallest absolute Gasteiger partial charge is 0.0823 e. The quantitative estimate of drug-likeness (QED) is 0.765. The van der Waals surface area contributed by atoms with Gasteiger partial charge in [-0.05, 0) is 25.2 Å². The minimum atomic E-state index is -0.402. The Morgan fingerprint density at radius 3 is 3.29 bits per heavy atom. The number of nitrogens with one attached hydrogen (secondary N) is 1. The van der Waals surface area contributed by atoms with Crippen LogP contribution in [-0.2, 0) is 4.74 Å². The lowest BCUT2D eigenvalue weighted by Gasteiger charge is -2.23. The van der Waals surface area contributed by atoms with Gasteiger partial charge in [0.15, 0.2) is 0 Å². The van der Waals surface area contributed by atoms with Crippen LogP contribution in [0, 0.1) is 5.92 Å². The lowest BCUT2D eigenvalue weighted by atomic mass is 9.94. The van der Waals surface area contributed by atoms with E-state index in [4.69, 9.17) is 4.74 Å². The summed E-state index contributed by atoms with van der Waals surface area (Å²) >= 11 is 0. The number of aliphatic hydroxyl groups excluding tert-OH is 1. The van der Waals surface area contributed by atoms with Crippen LogP contribution < -0.4 is 0 Å². The molecular weight excluding hydrogens is 180 g/mol. The predicted molar refractivity (Wildman–Crippen MR) is 51.7 cm³/mol. The molecule has 14 heavy (non-hydrogen) atoms. The highest BCUT2D eigenvalue weighted by atomic mass is 16.5. The second kappa shape index (κ2) is 4.57. The van der Waals surface area contributed by atoms with Crippen molar-refractivity contribution >= 4 is 0 Å². The molecule has 0 radical (unpaired) electrons. The fourth-order valence-corrected chi connectivity index (χ4v) is 1.89. The molecule has 1 saturated heterocycles. The monoisotopic (exact) mass is 196 g/mol. The zero-order valence-corrected chi connectivity index (χ0v) is 8.15. The summed E-state index contributed by atoms with van der Waals surface area (Å²) in [6.45, 7) is 1.66. The number of hydrogen-bond acceptors (Lipinski definition) is 3. The lowest BCUT2D eigenvalue weighted by Crippen LogP contribution is -2.19. The van der Waals surface area contributed by atoms with E-state index in [0.29, 0.717) is 5.92 Å². The van der Waals surface area contributed by atoms with Crippen LogP contribution >= 0.6 is 0 Å². The van der Waals surface area contributed by atoms with E-state index in [2.05, 4.69) is 10.2 Å². The first-order valence-electron chi connectivity index (χ1n) is 5.11. The van der Waals surface area contributed by atoms with E-state index in [9.17, 15) is 5.11 Å². The van der Waals surface area contributed by atoms with Gasteiger partial charge in [0.1, 0.15) is 0 Å². The maximum atomic E-state index is 9.85. The molecule has 0 aromatic carbocycles. The zero-order valence-electron chi connectivity index (χ0n) is 8.15. The van der Waals surface area contributed by atoms with Crippen LogP contribution in [-0.4, -0.2) is 28.5 Å². The Morgan fingerprint density at radius 2 is 2.64 bits per heavy atom. The summed E-state index contributed by atoms with van der Waals surface area (Å²) in [5.74, 6) is 0.494. The highest BCUT2D eigenvalue weighted by Gasteiger charge is 2.19. The number of aromatic nitrogens is 2. The van der Waals surface area contributed by atoms with Crippen molar-refractivity contribution in [3.8, 4) is 0 Å². The van der Waals surface area contributed by atoms with Gasteiger partial charge < -0.3 is 9.84 Å². The molecule has 1 aromatic heterocycles. The Bertz CT molecular complexity index is 255. The topological polar surface area (TPSA) is 58.1 Å². The van der Waals surface area contributed by atoms with Crippen LogP contribution in [0.2, 0.25) is 0 Å². The van der Waals surface area contributed by atoms with Gasteiger partial charge in [0.05, 0.1) is 12.3 Å². The third-order valence-corrected chi connectivity index (χ3v) is 2.72.